The summed E-state index contributed by atoms with van der Waals surface area (Å²) in [6.07, 6.45) is 0. The third kappa shape index (κ3) is 5.45. The maximum atomic E-state index is 12.1. The summed E-state index contributed by atoms with van der Waals surface area (Å²) in [5.74, 6) is 0.0970. The molecule has 2 aromatic carbocycles. The van der Waals surface area contributed by atoms with E-state index in [1.807, 2.05) is 44.2 Å². The van der Waals surface area contributed by atoms with Crippen molar-refractivity contribution < 1.29 is 4.79 Å². The lowest BCUT2D eigenvalue weighted by Crippen LogP contribution is -2.15. The van der Waals surface area contributed by atoms with E-state index in [0.717, 1.165) is 5.69 Å². The molecule has 0 saturated heterocycles. The molecule has 0 radical (unpaired) electrons. The molecule has 8 nitrogen and oxygen atoms in total. The summed E-state index contributed by atoms with van der Waals surface area (Å²) in [5, 5.41) is 23.3. The standard InChI is InChI=1S/C18H19N7OS/c1-13(2)25-18(22-23-24-25)27-12-17(26)19-14-8-10-16(11-9-14)21-20-15-6-4-3-5-7-15/h3-11,13H,12H2,1-2H3,(H,19,26). The molecule has 1 heterocycles. The Morgan fingerprint density at radius 1 is 1.07 bits per heavy atom. The second-order valence-corrected chi connectivity index (χ2v) is 6.86. The van der Waals surface area contributed by atoms with Gasteiger partial charge in [0.1, 0.15) is 0 Å². The Morgan fingerprint density at radius 3 is 2.41 bits per heavy atom. The van der Waals surface area contributed by atoms with Gasteiger partial charge in [-0.3, -0.25) is 4.79 Å². The third-order valence-electron chi connectivity index (χ3n) is 3.47. The fraction of sp³-hybridized carbons (Fsp3) is 0.222. The number of azo groups is 1. The average molecular weight is 381 g/mol. The number of nitrogens with one attached hydrogen (secondary N) is 1. The van der Waals surface area contributed by atoms with Gasteiger partial charge in [-0.25, -0.2) is 4.68 Å². The molecular formula is C18H19N7OS. The van der Waals surface area contributed by atoms with Gasteiger partial charge < -0.3 is 5.32 Å². The minimum Gasteiger partial charge on any atom is -0.325 e. The highest BCUT2D eigenvalue weighted by atomic mass is 32.2. The fourth-order valence-electron chi connectivity index (χ4n) is 2.15. The van der Waals surface area contributed by atoms with Gasteiger partial charge in [-0.15, -0.1) is 5.10 Å². The normalized spacial score (nSPS) is 11.2. The molecule has 138 valence electrons. The Labute approximate surface area is 161 Å². The van der Waals surface area contributed by atoms with Crippen molar-refractivity contribution in [3.05, 3.63) is 54.6 Å². The van der Waals surface area contributed by atoms with E-state index < -0.39 is 0 Å². The van der Waals surface area contributed by atoms with Crippen LogP contribution in [0.5, 0.6) is 0 Å². The first kappa shape index (κ1) is 18.7. The van der Waals surface area contributed by atoms with Crippen LogP contribution in [0, 0.1) is 0 Å². The summed E-state index contributed by atoms with van der Waals surface area (Å²) in [4.78, 5) is 12.1. The van der Waals surface area contributed by atoms with E-state index in [0.29, 0.717) is 16.5 Å². The number of aromatic nitrogens is 4. The number of carbonyl (C=O) groups is 1. The first-order valence-electron chi connectivity index (χ1n) is 8.39. The summed E-state index contributed by atoms with van der Waals surface area (Å²) >= 11 is 1.30. The molecule has 1 aromatic heterocycles. The first-order chi connectivity index (χ1) is 13.1. The number of nitrogens with zero attached hydrogens (tertiary/aromatic N) is 6. The van der Waals surface area contributed by atoms with Crippen molar-refractivity contribution in [1.29, 1.82) is 0 Å². The predicted octanol–water partition coefficient (Wildman–Crippen LogP) is 4.40. The summed E-state index contributed by atoms with van der Waals surface area (Å²) in [6, 6.07) is 16.8. The lowest BCUT2D eigenvalue weighted by molar-refractivity contribution is -0.113. The van der Waals surface area contributed by atoms with Crippen molar-refractivity contribution in [3.63, 3.8) is 0 Å². The second kappa shape index (κ2) is 9.04. The zero-order valence-electron chi connectivity index (χ0n) is 15.0. The molecule has 0 aliphatic carbocycles. The van der Waals surface area contributed by atoms with E-state index in [4.69, 9.17) is 0 Å². The minimum absolute atomic E-state index is 0.128. The van der Waals surface area contributed by atoms with E-state index >= 15 is 0 Å². The minimum atomic E-state index is -0.128. The molecule has 3 aromatic rings. The monoisotopic (exact) mass is 381 g/mol. The van der Waals surface area contributed by atoms with Gasteiger partial charge in [0.2, 0.25) is 11.1 Å². The Hall–Kier alpha value is -3.07. The number of hydrogen-bond donors (Lipinski definition) is 1. The molecule has 0 spiro atoms. The van der Waals surface area contributed by atoms with Crippen molar-refractivity contribution in [2.75, 3.05) is 11.1 Å². The molecule has 27 heavy (non-hydrogen) atoms. The number of benzene rings is 2. The maximum absolute atomic E-state index is 12.1. The molecule has 1 N–H and O–H groups in total. The van der Waals surface area contributed by atoms with Crippen LogP contribution in [-0.2, 0) is 4.79 Å². The van der Waals surface area contributed by atoms with Crippen LogP contribution in [0.15, 0.2) is 70.0 Å². The molecular weight excluding hydrogens is 362 g/mol. The number of amides is 1. The molecule has 0 unspecified atom stereocenters. The van der Waals surface area contributed by atoms with Gasteiger partial charge >= 0.3 is 0 Å². The highest BCUT2D eigenvalue weighted by Crippen LogP contribution is 2.21. The predicted molar refractivity (Wildman–Crippen MR) is 105 cm³/mol. The smallest absolute Gasteiger partial charge is 0.234 e. The van der Waals surface area contributed by atoms with Gasteiger partial charge in [-0.1, -0.05) is 30.0 Å². The number of hydrogen-bond acceptors (Lipinski definition) is 7. The Morgan fingerprint density at radius 2 is 1.74 bits per heavy atom. The van der Waals surface area contributed by atoms with Crippen LogP contribution in [0.2, 0.25) is 0 Å². The van der Waals surface area contributed by atoms with Gasteiger partial charge in [0.15, 0.2) is 0 Å². The molecule has 0 aliphatic heterocycles. The van der Waals surface area contributed by atoms with Crippen LogP contribution < -0.4 is 5.32 Å². The van der Waals surface area contributed by atoms with Crippen LogP contribution >= 0.6 is 11.8 Å². The Bertz CT molecular complexity index is 907. The van der Waals surface area contributed by atoms with E-state index in [-0.39, 0.29) is 17.7 Å². The number of tetrazole rings is 1. The largest absolute Gasteiger partial charge is 0.325 e. The van der Waals surface area contributed by atoms with E-state index in [9.17, 15) is 4.79 Å². The summed E-state index contributed by atoms with van der Waals surface area (Å²) in [6.45, 7) is 3.97. The molecule has 0 bridgehead atoms. The van der Waals surface area contributed by atoms with Gasteiger partial charge in [0.05, 0.1) is 23.2 Å². The van der Waals surface area contributed by atoms with Crippen molar-refractivity contribution in [1.82, 2.24) is 20.2 Å². The molecule has 0 atom stereocenters. The molecule has 9 heteroatoms. The number of rotatable bonds is 7. The second-order valence-electron chi connectivity index (χ2n) is 5.92. The molecule has 1 amide bonds. The topological polar surface area (TPSA) is 97.4 Å². The summed E-state index contributed by atoms with van der Waals surface area (Å²) < 4.78 is 1.69. The average Bonchev–Trinajstić information content (AvgIpc) is 3.16. The Kier molecular flexibility index (Phi) is 6.26. The zero-order valence-corrected chi connectivity index (χ0v) is 15.8. The summed E-state index contributed by atoms with van der Waals surface area (Å²) in [7, 11) is 0. The molecule has 0 fully saturated rings. The lowest BCUT2D eigenvalue weighted by atomic mass is 10.3. The quantitative estimate of drug-likeness (QED) is 0.483. The number of thioether (sulfide) groups is 1. The third-order valence-corrected chi connectivity index (χ3v) is 4.41. The first-order valence-corrected chi connectivity index (χ1v) is 9.38. The van der Waals surface area contributed by atoms with Crippen LogP contribution in [0.25, 0.3) is 0 Å². The number of carbonyl (C=O) groups excluding carboxylic acids is 1. The summed E-state index contributed by atoms with van der Waals surface area (Å²) in [5.41, 5.74) is 2.20. The van der Waals surface area contributed by atoms with E-state index in [1.165, 1.54) is 11.8 Å². The van der Waals surface area contributed by atoms with E-state index in [1.54, 1.807) is 28.9 Å². The van der Waals surface area contributed by atoms with Gasteiger partial charge in [0.25, 0.3) is 0 Å². The van der Waals surface area contributed by atoms with Crippen LogP contribution in [-0.4, -0.2) is 31.9 Å². The molecule has 3 rings (SSSR count). The zero-order chi connectivity index (χ0) is 19.1. The van der Waals surface area contributed by atoms with Gasteiger partial charge in [0, 0.05) is 5.69 Å². The van der Waals surface area contributed by atoms with Crippen LogP contribution in [0.1, 0.15) is 19.9 Å². The van der Waals surface area contributed by atoms with Crippen LogP contribution in [0.3, 0.4) is 0 Å². The lowest BCUT2D eigenvalue weighted by Gasteiger charge is -2.07. The van der Waals surface area contributed by atoms with Crippen LogP contribution in [0.4, 0.5) is 17.1 Å². The van der Waals surface area contributed by atoms with Gasteiger partial charge in [-0.05, 0) is 60.7 Å². The highest BCUT2D eigenvalue weighted by Gasteiger charge is 2.12. The van der Waals surface area contributed by atoms with E-state index in [2.05, 4.69) is 31.1 Å². The highest BCUT2D eigenvalue weighted by molar-refractivity contribution is 7.99. The van der Waals surface area contributed by atoms with Crippen molar-refractivity contribution in [3.8, 4) is 0 Å². The Balaban J connectivity index is 1.52. The maximum Gasteiger partial charge on any atom is 0.234 e. The molecule has 0 saturated carbocycles. The van der Waals surface area contributed by atoms with Crippen molar-refractivity contribution >= 4 is 34.7 Å². The number of anilines is 1. The van der Waals surface area contributed by atoms with Gasteiger partial charge in [-0.2, -0.15) is 10.2 Å². The van der Waals surface area contributed by atoms with Crippen molar-refractivity contribution in [2.24, 2.45) is 10.2 Å². The fourth-order valence-corrected chi connectivity index (χ4v) is 2.96. The SMILES string of the molecule is CC(C)n1nnnc1SCC(=O)Nc1ccc(N=Nc2ccccc2)cc1. The van der Waals surface area contributed by atoms with Crippen molar-refractivity contribution in [2.45, 2.75) is 25.0 Å². The molecule has 0 aliphatic rings.